The lowest BCUT2D eigenvalue weighted by molar-refractivity contribution is 0.120. The molecule has 1 unspecified atom stereocenters. The first kappa shape index (κ1) is 11.4. The summed E-state index contributed by atoms with van der Waals surface area (Å²) in [4.78, 5) is 0. The SMILES string of the molecule is NCc1c(F)cccc1NCC1CCCO1. The van der Waals surface area contributed by atoms with Crippen LogP contribution in [0.3, 0.4) is 0 Å². The number of nitrogens with two attached hydrogens (primary N) is 1. The predicted octanol–water partition coefficient (Wildman–Crippen LogP) is 1.88. The number of ether oxygens (including phenoxy) is 1. The molecule has 0 amide bonds. The maximum absolute atomic E-state index is 13.4. The molecule has 16 heavy (non-hydrogen) atoms. The van der Waals surface area contributed by atoms with E-state index < -0.39 is 0 Å². The molecule has 3 N–H and O–H groups in total. The Kier molecular flexibility index (Phi) is 3.74. The molecule has 0 radical (unpaired) electrons. The topological polar surface area (TPSA) is 47.3 Å². The van der Waals surface area contributed by atoms with E-state index in [1.54, 1.807) is 6.07 Å². The van der Waals surface area contributed by atoms with Crippen LogP contribution in [0.5, 0.6) is 0 Å². The zero-order valence-corrected chi connectivity index (χ0v) is 9.21. The summed E-state index contributed by atoms with van der Waals surface area (Å²) in [5.74, 6) is -0.250. The summed E-state index contributed by atoms with van der Waals surface area (Å²) in [7, 11) is 0. The second-order valence-electron chi connectivity index (χ2n) is 3.99. The maximum atomic E-state index is 13.4. The minimum atomic E-state index is -0.250. The van der Waals surface area contributed by atoms with Crippen molar-refractivity contribution in [3.05, 3.63) is 29.6 Å². The number of hydrogen-bond acceptors (Lipinski definition) is 3. The van der Waals surface area contributed by atoms with Gasteiger partial charge in [-0.3, -0.25) is 0 Å². The van der Waals surface area contributed by atoms with Crippen molar-refractivity contribution in [2.45, 2.75) is 25.5 Å². The minimum absolute atomic E-state index is 0.209. The summed E-state index contributed by atoms with van der Waals surface area (Å²) in [6.07, 6.45) is 2.42. The van der Waals surface area contributed by atoms with E-state index in [4.69, 9.17) is 10.5 Å². The Labute approximate surface area is 94.8 Å². The number of anilines is 1. The van der Waals surface area contributed by atoms with Crippen molar-refractivity contribution >= 4 is 5.69 Å². The first-order valence-corrected chi connectivity index (χ1v) is 5.64. The van der Waals surface area contributed by atoms with Crippen molar-refractivity contribution in [2.75, 3.05) is 18.5 Å². The molecule has 0 spiro atoms. The zero-order chi connectivity index (χ0) is 11.4. The van der Waals surface area contributed by atoms with Crippen LogP contribution in [-0.4, -0.2) is 19.3 Å². The summed E-state index contributed by atoms with van der Waals surface area (Å²) >= 11 is 0. The van der Waals surface area contributed by atoms with Gasteiger partial charge in [-0.1, -0.05) is 6.07 Å². The van der Waals surface area contributed by atoms with Gasteiger partial charge >= 0.3 is 0 Å². The lowest BCUT2D eigenvalue weighted by Gasteiger charge is -2.14. The van der Waals surface area contributed by atoms with E-state index in [0.29, 0.717) is 5.56 Å². The fraction of sp³-hybridized carbons (Fsp3) is 0.500. The van der Waals surface area contributed by atoms with Crippen LogP contribution >= 0.6 is 0 Å². The van der Waals surface area contributed by atoms with Crippen LogP contribution in [0.1, 0.15) is 18.4 Å². The van der Waals surface area contributed by atoms with Crippen molar-refractivity contribution in [3.63, 3.8) is 0 Å². The quantitative estimate of drug-likeness (QED) is 0.820. The van der Waals surface area contributed by atoms with Crippen molar-refractivity contribution < 1.29 is 9.13 Å². The molecule has 1 aliphatic heterocycles. The highest BCUT2D eigenvalue weighted by atomic mass is 19.1. The van der Waals surface area contributed by atoms with E-state index in [-0.39, 0.29) is 18.5 Å². The Bertz CT molecular complexity index is 351. The van der Waals surface area contributed by atoms with Gasteiger partial charge in [0, 0.05) is 30.9 Å². The fourth-order valence-electron chi connectivity index (χ4n) is 1.96. The highest BCUT2D eigenvalue weighted by Gasteiger charge is 2.15. The van der Waals surface area contributed by atoms with Gasteiger partial charge < -0.3 is 15.8 Å². The summed E-state index contributed by atoms with van der Waals surface area (Å²) in [6.45, 7) is 1.76. The standard InChI is InChI=1S/C12H17FN2O/c13-11-4-1-5-12(10(11)7-14)15-8-9-3-2-6-16-9/h1,4-5,9,15H,2-3,6-8,14H2. The number of hydrogen-bond donors (Lipinski definition) is 2. The van der Waals surface area contributed by atoms with Gasteiger partial charge in [0.25, 0.3) is 0 Å². The van der Waals surface area contributed by atoms with Crippen LogP contribution in [-0.2, 0) is 11.3 Å². The van der Waals surface area contributed by atoms with Crippen molar-refractivity contribution in [3.8, 4) is 0 Å². The highest BCUT2D eigenvalue weighted by Crippen LogP contribution is 2.19. The molecule has 88 valence electrons. The van der Waals surface area contributed by atoms with Gasteiger partial charge in [0.1, 0.15) is 5.82 Å². The van der Waals surface area contributed by atoms with Gasteiger partial charge in [-0.25, -0.2) is 4.39 Å². The van der Waals surface area contributed by atoms with E-state index >= 15 is 0 Å². The molecule has 2 rings (SSSR count). The van der Waals surface area contributed by atoms with Crippen LogP contribution in [0.4, 0.5) is 10.1 Å². The lowest BCUT2D eigenvalue weighted by Crippen LogP contribution is -2.19. The van der Waals surface area contributed by atoms with E-state index in [1.807, 2.05) is 6.07 Å². The molecule has 1 heterocycles. The molecule has 0 bridgehead atoms. The Morgan fingerprint density at radius 2 is 2.38 bits per heavy atom. The highest BCUT2D eigenvalue weighted by molar-refractivity contribution is 5.51. The van der Waals surface area contributed by atoms with Gasteiger partial charge in [0.15, 0.2) is 0 Å². The third-order valence-corrected chi connectivity index (χ3v) is 2.87. The monoisotopic (exact) mass is 224 g/mol. The van der Waals surface area contributed by atoms with Gasteiger partial charge in [-0.05, 0) is 25.0 Å². The molecule has 1 aromatic rings. The lowest BCUT2D eigenvalue weighted by atomic mass is 10.1. The first-order chi connectivity index (χ1) is 7.81. The van der Waals surface area contributed by atoms with Crippen LogP contribution < -0.4 is 11.1 Å². The number of halogens is 1. The third-order valence-electron chi connectivity index (χ3n) is 2.87. The molecule has 1 aromatic carbocycles. The molecule has 0 aromatic heterocycles. The summed E-state index contributed by atoms with van der Waals surface area (Å²) in [6, 6.07) is 4.96. The van der Waals surface area contributed by atoms with E-state index in [0.717, 1.165) is 31.7 Å². The molecule has 1 saturated heterocycles. The van der Waals surface area contributed by atoms with E-state index in [9.17, 15) is 4.39 Å². The number of benzene rings is 1. The van der Waals surface area contributed by atoms with E-state index in [2.05, 4.69) is 5.32 Å². The summed E-state index contributed by atoms with van der Waals surface area (Å²) < 4.78 is 18.9. The first-order valence-electron chi connectivity index (χ1n) is 5.64. The normalized spacial score (nSPS) is 20.0. The molecule has 1 atom stereocenters. The average Bonchev–Trinajstić information content (AvgIpc) is 2.79. The average molecular weight is 224 g/mol. The van der Waals surface area contributed by atoms with Gasteiger partial charge in [0.2, 0.25) is 0 Å². The van der Waals surface area contributed by atoms with Crippen molar-refractivity contribution in [1.82, 2.24) is 0 Å². The fourth-order valence-corrected chi connectivity index (χ4v) is 1.96. The second kappa shape index (κ2) is 5.27. The minimum Gasteiger partial charge on any atom is -0.382 e. The van der Waals surface area contributed by atoms with Crippen molar-refractivity contribution in [1.29, 1.82) is 0 Å². The Balaban J connectivity index is 2.00. The van der Waals surface area contributed by atoms with Gasteiger partial charge in [0.05, 0.1) is 6.10 Å². The largest absolute Gasteiger partial charge is 0.382 e. The smallest absolute Gasteiger partial charge is 0.129 e. The van der Waals surface area contributed by atoms with Crippen molar-refractivity contribution in [2.24, 2.45) is 5.73 Å². The Morgan fingerprint density at radius 3 is 3.06 bits per heavy atom. The molecule has 0 aliphatic carbocycles. The van der Waals surface area contributed by atoms with Crippen LogP contribution in [0.2, 0.25) is 0 Å². The number of nitrogens with one attached hydrogen (secondary N) is 1. The molecule has 4 heteroatoms. The molecule has 1 aliphatic rings. The Hall–Kier alpha value is -1.13. The molecule has 0 saturated carbocycles. The van der Waals surface area contributed by atoms with Gasteiger partial charge in [-0.2, -0.15) is 0 Å². The second-order valence-corrected chi connectivity index (χ2v) is 3.99. The zero-order valence-electron chi connectivity index (χ0n) is 9.21. The molecular formula is C12H17FN2O. The van der Waals surface area contributed by atoms with Crippen LogP contribution in [0, 0.1) is 5.82 Å². The number of rotatable bonds is 4. The van der Waals surface area contributed by atoms with Gasteiger partial charge in [-0.15, -0.1) is 0 Å². The molecular weight excluding hydrogens is 207 g/mol. The maximum Gasteiger partial charge on any atom is 0.129 e. The Morgan fingerprint density at radius 1 is 1.50 bits per heavy atom. The van der Waals surface area contributed by atoms with E-state index in [1.165, 1.54) is 6.07 Å². The predicted molar refractivity (Wildman–Crippen MR) is 61.8 cm³/mol. The summed E-state index contributed by atoms with van der Waals surface area (Å²) in [5.41, 5.74) is 6.84. The van der Waals surface area contributed by atoms with Crippen LogP contribution in [0.25, 0.3) is 0 Å². The molecule has 1 fully saturated rings. The molecule has 3 nitrogen and oxygen atoms in total. The van der Waals surface area contributed by atoms with Crippen LogP contribution in [0.15, 0.2) is 18.2 Å². The summed E-state index contributed by atoms with van der Waals surface area (Å²) in [5, 5.41) is 3.20. The third kappa shape index (κ3) is 2.51.